The highest BCUT2D eigenvalue weighted by Crippen LogP contribution is 2.09. The summed E-state index contributed by atoms with van der Waals surface area (Å²) >= 11 is 0. The van der Waals surface area contributed by atoms with Crippen molar-refractivity contribution in [3.8, 4) is 0 Å². The normalized spacial score (nSPS) is 12.9. The Morgan fingerprint density at radius 2 is 2.24 bits per heavy atom. The zero-order valence-electron chi connectivity index (χ0n) is 11.0. The van der Waals surface area contributed by atoms with Gasteiger partial charge in [0.25, 0.3) is 0 Å². The van der Waals surface area contributed by atoms with E-state index in [1.165, 1.54) is 18.4 Å². The fraction of sp³-hybridized carbons (Fsp3) is 0.769. The molecule has 0 aliphatic heterocycles. The molecule has 1 aromatic rings. The van der Waals surface area contributed by atoms with Crippen molar-refractivity contribution < 1.29 is 5.11 Å². The molecule has 1 heterocycles. The van der Waals surface area contributed by atoms with Crippen LogP contribution in [0.1, 0.15) is 38.7 Å². The molecule has 0 aliphatic carbocycles. The summed E-state index contributed by atoms with van der Waals surface area (Å²) in [6.45, 7) is 7.33. The standard InChI is InChI=1S/C13H25N3O/c1-3-5-12(6-7-17)8-14-9-13-10-15-16(4-2)11-13/h10-12,14,17H,3-9H2,1-2H3. The van der Waals surface area contributed by atoms with E-state index in [0.717, 1.165) is 26.1 Å². The maximum Gasteiger partial charge on any atom is 0.0534 e. The summed E-state index contributed by atoms with van der Waals surface area (Å²) in [4.78, 5) is 0. The number of aromatic nitrogens is 2. The maximum atomic E-state index is 8.97. The van der Waals surface area contributed by atoms with E-state index >= 15 is 0 Å². The second kappa shape index (κ2) is 8.25. The predicted molar refractivity (Wildman–Crippen MR) is 69.7 cm³/mol. The molecule has 0 aliphatic rings. The van der Waals surface area contributed by atoms with E-state index in [2.05, 4.69) is 30.5 Å². The van der Waals surface area contributed by atoms with Crippen LogP contribution in [0.4, 0.5) is 0 Å². The van der Waals surface area contributed by atoms with Crippen molar-refractivity contribution in [3.63, 3.8) is 0 Å². The van der Waals surface area contributed by atoms with Gasteiger partial charge < -0.3 is 10.4 Å². The second-order valence-electron chi connectivity index (χ2n) is 4.50. The number of aliphatic hydroxyl groups excluding tert-OH is 1. The number of nitrogens with zero attached hydrogens (tertiary/aromatic N) is 2. The molecule has 0 aromatic carbocycles. The van der Waals surface area contributed by atoms with Gasteiger partial charge in [-0.3, -0.25) is 4.68 Å². The molecule has 0 bridgehead atoms. The first-order chi connectivity index (χ1) is 8.30. The molecule has 0 fully saturated rings. The Labute approximate surface area is 104 Å². The summed E-state index contributed by atoms with van der Waals surface area (Å²) in [7, 11) is 0. The Bertz CT molecular complexity index is 293. The van der Waals surface area contributed by atoms with Crippen LogP contribution in [0.3, 0.4) is 0 Å². The first-order valence-corrected chi connectivity index (χ1v) is 6.63. The molecular formula is C13H25N3O. The van der Waals surface area contributed by atoms with Crippen molar-refractivity contribution in [3.05, 3.63) is 18.0 Å². The third kappa shape index (κ3) is 5.33. The van der Waals surface area contributed by atoms with E-state index in [4.69, 9.17) is 5.11 Å². The molecular weight excluding hydrogens is 214 g/mol. The molecule has 2 N–H and O–H groups in total. The number of hydrogen-bond acceptors (Lipinski definition) is 3. The summed E-state index contributed by atoms with van der Waals surface area (Å²) in [5, 5.41) is 16.7. The fourth-order valence-corrected chi connectivity index (χ4v) is 2.03. The average Bonchev–Trinajstić information content (AvgIpc) is 2.77. The van der Waals surface area contributed by atoms with Gasteiger partial charge in [0.15, 0.2) is 0 Å². The lowest BCUT2D eigenvalue weighted by Crippen LogP contribution is -2.23. The quantitative estimate of drug-likeness (QED) is 0.691. The van der Waals surface area contributed by atoms with Crippen LogP contribution in [0.5, 0.6) is 0 Å². The highest BCUT2D eigenvalue weighted by atomic mass is 16.3. The monoisotopic (exact) mass is 239 g/mol. The molecule has 1 aromatic heterocycles. The predicted octanol–water partition coefficient (Wildman–Crippen LogP) is 1.79. The minimum absolute atomic E-state index is 0.292. The Morgan fingerprint density at radius 3 is 2.82 bits per heavy atom. The largest absolute Gasteiger partial charge is 0.396 e. The molecule has 4 nitrogen and oxygen atoms in total. The third-order valence-corrected chi connectivity index (χ3v) is 3.01. The Balaban J connectivity index is 2.24. The summed E-state index contributed by atoms with van der Waals surface area (Å²) in [5.74, 6) is 0.589. The number of rotatable bonds is 9. The lowest BCUT2D eigenvalue weighted by atomic mass is 10.0. The minimum Gasteiger partial charge on any atom is -0.396 e. The van der Waals surface area contributed by atoms with Crippen molar-refractivity contribution in [1.29, 1.82) is 0 Å². The van der Waals surface area contributed by atoms with Gasteiger partial charge in [0.05, 0.1) is 6.20 Å². The van der Waals surface area contributed by atoms with Gasteiger partial charge in [0.2, 0.25) is 0 Å². The van der Waals surface area contributed by atoms with E-state index in [0.29, 0.717) is 12.5 Å². The van der Waals surface area contributed by atoms with E-state index in [-0.39, 0.29) is 0 Å². The van der Waals surface area contributed by atoms with Crippen molar-refractivity contribution in [2.75, 3.05) is 13.2 Å². The van der Waals surface area contributed by atoms with Crippen LogP contribution in [0.15, 0.2) is 12.4 Å². The summed E-state index contributed by atoms with van der Waals surface area (Å²) < 4.78 is 1.94. The number of aliphatic hydroxyl groups is 1. The summed E-state index contributed by atoms with van der Waals surface area (Å²) in [6, 6.07) is 0. The second-order valence-corrected chi connectivity index (χ2v) is 4.50. The van der Waals surface area contributed by atoms with Gasteiger partial charge >= 0.3 is 0 Å². The first-order valence-electron chi connectivity index (χ1n) is 6.63. The lowest BCUT2D eigenvalue weighted by Gasteiger charge is -2.15. The molecule has 0 amide bonds. The van der Waals surface area contributed by atoms with Gasteiger partial charge in [-0.1, -0.05) is 13.3 Å². The Kier molecular flexibility index (Phi) is 6.89. The van der Waals surface area contributed by atoms with E-state index < -0.39 is 0 Å². The van der Waals surface area contributed by atoms with Crippen LogP contribution >= 0.6 is 0 Å². The average molecular weight is 239 g/mol. The molecule has 0 saturated heterocycles. The van der Waals surface area contributed by atoms with E-state index in [1.54, 1.807) is 0 Å². The van der Waals surface area contributed by atoms with E-state index in [9.17, 15) is 0 Å². The first kappa shape index (κ1) is 14.2. The Morgan fingerprint density at radius 1 is 1.41 bits per heavy atom. The van der Waals surface area contributed by atoms with Crippen molar-refractivity contribution in [1.82, 2.24) is 15.1 Å². The van der Waals surface area contributed by atoms with Gasteiger partial charge in [-0.2, -0.15) is 5.10 Å². The van der Waals surface area contributed by atoms with Gasteiger partial charge in [-0.15, -0.1) is 0 Å². The topological polar surface area (TPSA) is 50.1 Å². The SMILES string of the molecule is CCCC(CCO)CNCc1cnn(CC)c1. The third-order valence-electron chi connectivity index (χ3n) is 3.01. The summed E-state index contributed by atoms with van der Waals surface area (Å²) in [6.07, 6.45) is 7.25. The van der Waals surface area contributed by atoms with Gasteiger partial charge in [-0.05, 0) is 32.2 Å². The highest BCUT2D eigenvalue weighted by Gasteiger charge is 2.06. The molecule has 17 heavy (non-hydrogen) atoms. The zero-order chi connectivity index (χ0) is 12.5. The molecule has 0 spiro atoms. The van der Waals surface area contributed by atoms with Crippen molar-refractivity contribution >= 4 is 0 Å². The smallest absolute Gasteiger partial charge is 0.0534 e. The number of aryl methyl sites for hydroxylation is 1. The number of hydrogen-bond donors (Lipinski definition) is 2. The van der Waals surface area contributed by atoms with Crippen LogP contribution < -0.4 is 5.32 Å². The van der Waals surface area contributed by atoms with Gasteiger partial charge in [0, 0.05) is 31.5 Å². The van der Waals surface area contributed by atoms with Crippen LogP contribution in [0.2, 0.25) is 0 Å². The maximum absolute atomic E-state index is 8.97. The minimum atomic E-state index is 0.292. The Hall–Kier alpha value is -0.870. The fourth-order valence-electron chi connectivity index (χ4n) is 2.03. The van der Waals surface area contributed by atoms with Crippen LogP contribution in [0.25, 0.3) is 0 Å². The van der Waals surface area contributed by atoms with E-state index in [1.807, 2.05) is 10.9 Å². The molecule has 1 rings (SSSR count). The molecule has 98 valence electrons. The van der Waals surface area contributed by atoms with Gasteiger partial charge in [0.1, 0.15) is 0 Å². The lowest BCUT2D eigenvalue weighted by molar-refractivity contribution is 0.248. The van der Waals surface area contributed by atoms with Crippen molar-refractivity contribution in [2.24, 2.45) is 5.92 Å². The molecule has 0 saturated carbocycles. The highest BCUT2D eigenvalue weighted by molar-refractivity contribution is 5.03. The molecule has 4 heteroatoms. The van der Waals surface area contributed by atoms with Crippen molar-refractivity contribution in [2.45, 2.75) is 46.2 Å². The molecule has 0 radical (unpaired) electrons. The van der Waals surface area contributed by atoms with Crippen LogP contribution in [-0.2, 0) is 13.1 Å². The summed E-state index contributed by atoms with van der Waals surface area (Å²) in [5.41, 5.74) is 1.23. The zero-order valence-corrected chi connectivity index (χ0v) is 11.0. The molecule has 1 atom stereocenters. The molecule has 1 unspecified atom stereocenters. The number of nitrogens with one attached hydrogen (secondary N) is 1. The van der Waals surface area contributed by atoms with Crippen LogP contribution in [0, 0.1) is 5.92 Å². The van der Waals surface area contributed by atoms with Crippen LogP contribution in [-0.4, -0.2) is 28.0 Å². The van der Waals surface area contributed by atoms with Gasteiger partial charge in [-0.25, -0.2) is 0 Å².